The zero-order chi connectivity index (χ0) is 31.1. The van der Waals surface area contributed by atoms with Crippen molar-refractivity contribution in [2.75, 3.05) is 0 Å². The lowest BCUT2D eigenvalue weighted by Crippen LogP contribution is -2.32. The van der Waals surface area contributed by atoms with Crippen LogP contribution in [0.5, 0.6) is 0 Å². The van der Waals surface area contributed by atoms with Crippen LogP contribution in [0.15, 0.2) is 115 Å². The molecule has 2 heterocycles. The molecule has 4 heteroatoms. The number of benzene rings is 4. The molecule has 0 spiro atoms. The third kappa shape index (κ3) is 4.74. The summed E-state index contributed by atoms with van der Waals surface area (Å²) in [6, 6.07) is 40.6. The summed E-state index contributed by atoms with van der Waals surface area (Å²) < 4.78 is 2.50. The summed E-state index contributed by atoms with van der Waals surface area (Å²) in [6.45, 7) is 3.15. The van der Waals surface area contributed by atoms with Crippen molar-refractivity contribution in [3.05, 3.63) is 160 Å². The van der Waals surface area contributed by atoms with E-state index in [1.165, 1.54) is 36.9 Å². The number of imidazole rings is 1. The Morgan fingerprint density at radius 3 is 1.93 bits per heavy atom. The van der Waals surface area contributed by atoms with Crippen LogP contribution in [0.4, 0.5) is 0 Å². The summed E-state index contributed by atoms with van der Waals surface area (Å²) >= 11 is 0. The van der Waals surface area contributed by atoms with Crippen LogP contribution in [0.25, 0.3) is 10.9 Å². The Bertz CT molecular complexity index is 1880. The van der Waals surface area contributed by atoms with Crippen molar-refractivity contribution < 1.29 is 4.79 Å². The van der Waals surface area contributed by atoms with Crippen LogP contribution in [0, 0.1) is 18.8 Å². The van der Waals surface area contributed by atoms with E-state index in [1.807, 2.05) is 0 Å². The zero-order valence-electron chi connectivity index (χ0n) is 26.6. The predicted octanol–water partition coefficient (Wildman–Crippen LogP) is 9.23. The van der Waals surface area contributed by atoms with Gasteiger partial charge in [0.25, 0.3) is 0 Å². The predicted molar refractivity (Wildman–Crippen MR) is 185 cm³/mol. The van der Waals surface area contributed by atoms with Crippen LogP contribution in [0.1, 0.15) is 82.1 Å². The molecule has 2 aromatic heterocycles. The van der Waals surface area contributed by atoms with Gasteiger partial charge in [-0.05, 0) is 61.3 Å². The van der Waals surface area contributed by atoms with Crippen molar-refractivity contribution >= 4 is 16.7 Å². The SMILES string of the molecule is Cc1[nH]c(C(c2ccccc2)(c2ccccc2)c2ccccc2)nc1CC1CCc2c(c3ccccc3n2CC2CCCC2)C1=O. The largest absolute Gasteiger partial charge is 0.345 e. The lowest BCUT2D eigenvalue weighted by atomic mass is 9.69. The number of carbonyl (C=O) groups is 1. The molecular formula is C42H41N3O. The highest BCUT2D eigenvalue weighted by atomic mass is 16.1. The molecule has 2 aliphatic carbocycles. The van der Waals surface area contributed by atoms with Crippen LogP contribution in [0.2, 0.25) is 0 Å². The van der Waals surface area contributed by atoms with Crippen LogP contribution in [-0.2, 0) is 24.8 Å². The van der Waals surface area contributed by atoms with Gasteiger partial charge in [-0.15, -0.1) is 0 Å². The first kappa shape index (κ1) is 28.8. The second-order valence-electron chi connectivity index (χ2n) is 13.4. The van der Waals surface area contributed by atoms with Crippen molar-refractivity contribution in [1.29, 1.82) is 0 Å². The summed E-state index contributed by atoms with van der Waals surface area (Å²) in [6.07, 6.45) is 7.69. The molecule has 0 bridgehead atoms. The van der Waals surface area contributed by atoms with E-state index in [0.29, 0.717) is 6.42 Å². The second-order valence-corrected chi connectivity index (χ2v) is 13.4. The number of hydrogen-bond donors (Lipinski definition) is 1. The fourth-order valence-electron chi connectivity index (χ4n) is 8.47. The minimum absolute atomic E-state index is 0.0901. The Labute approximate surface area is 271 Å². The van der Waals surface area contributed by atoms with Crippen molar-refractivity contribution in [2.24, 2.45) is 11.8 Å². The zero-order valence-corrected chi connectivity index (χ0v) is 26.6. The van der Waals surface area contributed by atoms with Crippen LogP contribution >= 0.6 is 0 Å². The monoisotopic (exact) mass is 603 g/mol. The molecular weight excluding hydrogens is 562 g/mol. The van der Waals surface area contributed by atoms with Crippen molar-refractivity contribution in [1.82, 2.24) is 14.5 Å². The highest BCUT2D eigenvalue weighted by Crippen LogP contribution is 2.44. The van der Waals surface area contributed by atoms with Gasteiger partial charge >= 0.3 is 0 Å². The van der Waals surface area contributed by atoms with E-state index in [1.54, 1.807) is 0 Å². The van der Waals surface area contributed by atoms with Crippen LogP contribution in [-0.4, -0.2) is 20.3 Å². The Kier molecular flexibility index (Phi) is 7.44. The van der Waals surface area contributed by atoms with Gasteiger partial charge in [-0.1, -0.05) is 122 Å². The standard InChI is InChI=1S/C42H41N3O/c1-29-36(27-31-25-26-38-39(40(31)46)35-23-13-14-24-37(35)45(38)28-30-15-11-12-16-30)44-41(43-29)42(32-17-5-2-6-18-32,33-19-7-3-8-20-33)34-21-9-4-10-22-34/h2-10,13-14,17-24,30-31H,11-12,15-16,25-28H2,1H3,(H,43,44). The molecule has 46 heavy (non-hydrogen) atoms. The average Bonchev–Trinajstić information content (AvgIpc) is 3.83. The van der Waals surface area contributed by atoms with Crippen LogP contribution < -0.4 is 0 Å². The summed E-state index contributed by atoms with van der Waals surface area (Å²) in [5.41, 5.74) is 8.29. The fraction of sp³-hybridized carbons (Fsp3) is 0.286. The molecule has 1 saturated carbocycles. The average molecular weight is 604 g/mol. The number of rotatable bonds is 8. The van der Waals surface area contributed by atoms with Gasteiger partial charge in [-0.3, -0.25) is 4.79 Å². The number of ketones is 1. The van der Waals surface area contributed by atoms with Gasteiger partial charge in [0.1, 0.15) is 11.2 Å². The van der Waals surface area contributed by atoms with E-state index in [0.717, 1.165) is 70.2 Å². The Morgan fingerprint density at radius 1 is 0.761 bits per heavy atom. The topological polar surface area (TPSA) is 50.7 Å². The minimum Gasteiger partial charge on any atom is -0.345 e. The first-order chi connectivity index (χ1) is 22.6. The molecule has 4 nitrogen and oxygen atoms in total. The summed E-state index contributed by atoms with van der Waals surface area (Å²) in [7, 11) is 0. The molecule has 230 valence electrons. The van der Waals surface area contributed by atoms with Gasteiger partial charge in [-0.2, -0.15) is 0 Å². The molecule has 2 aliphatic rings. The molecule has 8 rings (SSSR count). The van der Waals surface area contributed by atoms with Gasteiger partial charge < -0.3 is 9.55 Å². The number of aromatic nitrogens is 3. The van der Waals surface area contributed by atoms with Crippen molar-refractivity contribution in [3.63, 3.8) is 0 Å². The second kappa shape index (κ2) is 11.9. The number of hydrogen-bond acceptors (Lipinski definition) is 2. The quantitative estimate of drug-likeness (QED) is 0.176. The molecule has 1 N–H and O–H groups in total. The number of H-pyrrole nitrogens is 1. The molecule has 0 amide bonds. The Hall–Kier alpha value is -4.70. The number of nitrogens with one attached hydrogen (secondary N) is 1. The van der Waals surface area contributed by atoms with Crippen LogP contribution in [0.3, 0.4) is 0 Å². The smallest absolute Gasteiger partial charge is 0.168 e. The molecule has 0 saturated heterocycles. The third-order valence-electron chi connectivity index (χ3n) is 10.7. The molecule has 4 aromatic carbocycles. The van der Waals surface area contributed by atoms with Gasteiger partial charge in [0.2, 0.25) is 0 Å². The van der Waals surface area contributed by atoms with Gasteiger partial charge in [-0.25, -0.2) is 4.98 Å². The molecule has 0 aliphatic heterocycles. The molecule has 0 radical (unpaired) electrons. The highest BCUT2D eigenvalue weighted by molar-refractivity contribution is 6.11. The van der Waals surface area contributed by atoms with E-state index in [9.17, 15) is 4.79 Å². The fourth-order valence-corrected chi connectivity index (χ4v) is 8.47. The van der Waals surface area contributed by atoms with E-state index in [-0.39, 0.29) is 11.7 Å². The lowest BCUT2D eigenvalue weighted by Gasteiger charge is -2.34. The van der Waals surface area contributed by atoms with E-state index < -0.39 is 5.41 Å². The maximum absolute atomic E-state index is 14.4. The first-order valence-corrected chi connectivity index (χ1v) is 17.0. The van der Waals surface area contributed by atoms with E-state index >= 15 is 0 Å². The maximum atomic E-state index is 14.4. The van der Waals surface area contributed by atoms with Gasteiger partial charge in [0, 0.05) is 46.7 Å². The number of Topliss-reactive ketones (excluding diaryl/α,β-unsaturated/α-hetero) is 1. The molecule has 1 fully saturated rings. The Morgan fingerprint density at radius 2 is 1.33 bits per heavy atom. The Balaban J connectivity index is 1.19. The van der Waals surface area contributed by atoms with Crippen molar-refractivity contribution in [3.8, 4) is 0 Å². The molecule has 1 atom stereocenters. The summed E-state index contributed by atoms with van der Waals surface area (Å²) in [4.78, 5) is 23.6. The third-order valence-corrected chi connectivity index (χ3v) is 10.7. The number of para-hydroxylation sites is 1. The number of carbonyl (C=O) groups excluding carboxylic acids is 1. The minimum atomic E-state index is -0.635. The first-order valence-electron chi connectivity index (χ1n) is 17.0. The maximum Gasteiger partial charge on any atom is 0.168 e. The van der Waals surface area contributed by atoms with Gasteiger partial charge in [0.05, 0.1) is 5.69 Å². The summed E-state index contributed by atoms with van der Waals surface area (Å²) in [5, 5.41) is 1.13. The number of nitrogens with zero attached hydrogens (tertiary/aromatic N) is 2. The molecule has 6 aromatic rings. The van der Waals surface area contributed by atoms with Gasteiger partial charge in [0.15, 0.2) is 5.78 Å². The lowest BCUT2D eigenvalue weighted by molar-refractivity contribution is 0.0901. The highest BCUT2D eigenvalue weighted by Gasteiger charge is 2.42. The summed E-state index contributed by atoms with van der Waals surface area (Å²) in [5.74, 6) is 1.80. The van der Waals surface area contributed by atoms with Crippen molar-refractivity contribution in [2.45, 2.75) is 63.8 Å². The number of fused-ring (bicyclic) bond motifs is 3. The normalized spacial score (nSPS) is 17.1. The number of aromatic amines is 1. The van der Waals surface area contributed by atoms with E-state index in [4.69, 9.17) is 4.98 Å². The molecule has 1 unspecified atom stereocenters. The van der Waals surface area contributed by atoms with E-state index in [2.05, 4.69) is 132 Å². The number of aryl methyl sites for hydroxylation is 1.